The first-order valence-corrected chi connectivity index (χ1v) is 11.4. The first-order chi connectivity index (χ1) is 14.2. The molecule has 1 aromatic carbocycles. The Morgan fingerprint density at radius 2 is 1.45 bits per heavy atom. The van der Waals surface area contributed by atoms with Gasteiger partial charge in [-0.2, -0.15) is 0 Å². The van der Waals surface area contributed by atoms with Crippen molar-refractivity contribution in [2.24, 2.45) is 5.92 Å². The number of aromatic nitrogens is 2. The normalized spacial score (nSPS) is 12.0. The summed E-state index contributed by atoms with van der Waals surface area (Å²) in [5, 5.41) is 8.52. The molecule has 0 aliphatic carbocycles. The first-order valence-electron chi connectivity index (χ1n) is 11.4. The van der Waals surface area contributed by atoms with Crippen LogP contribution in [0.25, 0.3) is 11.3 Å². The van der Waals surface area contributed by atoms with E-state index in [4.69, 9.17) is 9.47 Å². The molecule has 0 saturated heterocycles. The zero-order chi connectivity index (χ0) is 20.7. The highest BCUT2D eigenvalue weighted by Gasteiger charge is 2.04. The van der Waals surface area contributed by atoms with Gasteiger partial charge in [0.05, 0.1) is 18.9 Å². The lowest BCUT2D eigenvalue weighted by Gasteiger charge is -2.11. The predicted molar refractivity (Wildman–Crippen MR) is 121 cm³/mol. The number of ether oxygens (including phenoxy) is 2. The Hall–Kier alpha value is -2.10. The molecule has 2 rings (SSSR count). The van der Waals surface area contributed by atoms with E-state index in [0.717, 1.165) is 36.5 Å². The Morgan fingerprint density at radius 1 is 0.759 bits per heavy atom. The van der Waals surface area contributed by atoms with Crippen LogP contribution in [-0.2, 0) is 0 Å². The molecule has 4 nitrogen and oxygen atoms in total. The summed E-state index contributed by atoms with van der Waals surface area (Å²) in [7, 11) is 0. The van der Waals surface area contributed by atoms with Crippen molar-refractivity contribution in [3.05, 3.63) is 36.4 Å². The molecule has 0 N–H and O–H groups in total. The minimum Gasteiger partial charge on any atom is -0.493 e. The van der Waals surface area contributed by atoms with E-state index in [0.29, 0.717) is 18.4 Å². The van der Waals surface area contributed by atoms with Crippen molar-refractivity contribution < 1.29 is 9.47 Å². The third-order valence-electron chi connectivity index (χ3n) is 5.27. The van der Waals surface area contributed by atoms with Crippen LogP contribution in [0, 0.1) is 5.92 Å². The summed E-state index contributed by atoms with van der Waals surface area (Å²) < 4.78 is 11.5. The molecule has 0 radical (unpaired) electrons. The summed E-state index contributed by atoms with van der Waals surface area (Å²) in [6, 6.07) is 11.9. The van der Waals surface area contributed by atoms with Crippen molar-refractivity contribution in [2.75, 3.05) is 13.2 Å². The number of benzene rings is 1. The van der Waals surface area contributed by atoms with Gasteiger partial charge in [0, 0.05) is 11.6 Å². The van der Waals surface area contributed by atoms with Crippen LogP contribution < -0.4 is 9.47 Å². The van der Waals surface area contributed by atoms with Gasteiger partial charge in [0.2, 0.25) is 5.88 Å². The van der Waals surface area contributed by atoms with Crippen LogP contribution in [0.5, 0.6) is 11.6 Å². The average molecular weight is 399 g/mol. The van der Waals surface area contributed by atoms with Gasteiger partial charge in [0.1, 0.15) is 5.75 Å². The molecule has 0 saturated carbocycles. The van der Waals surface area contributed by atoms with Gasteiger partial charge in [-0.3, -0.25) is 0 Å². The van der Waals surface area contributed by atoms with Gasteiger partial charge >= 0.3 is 0 Å². The minimum absolute atomic E-state index is 0.568. The average Bonchev–Trinajstić information content (AvgIpc) is 2.77. The van der Waals surface area contributed by atoms with Gasteiger partial charge in [0.15, 0.2) is 0 Å². The van der Waals surface area contributed by atoms with E-state index in [1.807, 2.05) is 36.4 Å². The van der Waals surface area contributed by atoms with E-state index in [-0.39, 0.29) is 0 Å². The molecule has 0 bridgehead atoms. The lowest BCUT2D eigenvalue weighted by molar-refractivity contribution is 0.256. The molecule has 0 fully saturated rings. The zero-order valence-electron chi connectivity index (χ0n) is 18.5. The standard InChI is InChI=1S/C25H38N2O2/c1-4-6-7-8-9-10-11-12-19-28-25-18-17-24(26-27-25)22-13-15-23(16-14-22)29-20-21(3)5-2/h13-18,21H,4-12,19-20H2,1-3H3. The van der Waals surface area contributed by atoms with Gasteiger partial charge in [-0.15, -0.1) is 10.2 Å². The van der Waals surface area contributed by atoms with Crippen LogP contribution in [0.2, 0.25) is 0 Å². The fraction of sp³-hybridized carbons (Fsp3) is 0.600. The molecule has 0 spiro atoms. The number of rotatable bonds is 15. The number of nitrogens with zero attached hydrogens (tertiary/aromatic N) is 2. The molecule has 1 heterocycles. The summed E-state index contributed by atoms with van der Waals surface area (Å²) in [5.41, 5.74) is 1.88. The first kappa shape index (κ1) is 23.2. The third-order valence-corrected chi connectivity index (χ3v) is 5.27. The molecule has 1 aromatic heterocycles. The second-order valence-electron chi connectivity index (χ2n) is 7.93. The fourth-order valence-corrected chi connectivity index (χ4v) is 3.04. The molecule has 1 atom stereocenters. The van der Waals surface area contributed by atoms with Crippen molar-refractivity contribution in [3.8, 4) is 22.9 Å². The highest BCUT2D eigenvalue weighted by molar-refractivity contribution is 5.59. The van der Waals surface area contributed by atoms with Crippen LogP contribution >= 0.6 is 0 Å². The van der Waals surface area contributed by atoms with Gasteiger partial charge in [0.25, 0.3) is 0 Å². The van der Waals surface area contributed by atoms with Crippen LogP contribution in [0.3, 0.4) is 0 Å². The molecule has 4 heteroatoms. The quantitative estimate of drug-likeness (QED) is 0.300. The number of hydrogen-bond donors (Lipinski definition) is 0. The minimum atomic E-state index is 0.568. The second-order valence-corrected chi connectivity index (χ2v) is 7.93. The maximum Gasteiger partial charge on any atom is 0.233 e. The Balaban J connectivity index is 1.67. The lowest BCUT2D eigenvalue weighted by atomic mass is 10.1. The Bertz CT molecular complexity index is 656. The van der Waals surface area contributed by atoms with Crippen LogP contribution in [0.1, 0.15) is 78.6 Å². The smallest absolute Gasteiger partial charge is 0.233 e. The van der Waals surface area contributed by atoms with Crippen molar-refractivity contribution in [1.82, 2.24) is 10.2 Å². The van der Waals surface area contributed by atoms with Crippen LogP contribution in [-0.4, -0.2) is 23.4 Å². The van der Waals surface area contributed by atoms with Gasteiger partial charge in [-0.25, -0.2) is 0 Å². The van der Waals surface area contributed by atoms with E-state index < -0.39 is 0 Å². The van der Waals surface area contributed by atoms with Crippen molar-refractivity contribution in [3.63, 3.8) is 0 Å². The summed E-state index contributed by atoms with van der Waals surface area (Å²) >= 11 is 0. The topological polar surface area (TPSA) is 44.2 Å². The van der Waals surface area contributed by atoms with E-state index >= 15 is 0 Å². The van der Waals surface area contributed by atoms with Gasteiger partial charge in [-0.1, -0.05) is 72.1 Å². The SMILES string of the molecule is CCCCCCCCCCOc1ccc(-c2ccc(OCC(C)CC)cc2)nn1. The van der Waals surface area contributed by atoms with Crippen LogP contribution in [0.15, 0.2) is 36.4 Å². The molecule has 0 aliphatic rings. The monoisotopic (exact) mass is 398 g/mol. The van der Waals surface area contributed by atoms with E-state index in [1.54, 1.807) is 0 Å². The predicted octanol–water partition coefficient (Wildman–Crippen LogP) is 7.09. The van der Waals surface area contributed by atoms with Gasteiger partial charge < -0.3 is 9.47 Å². The third kappa shape index (κ3) is 9.29. The summed E-state index contributed by atoms with van der Waals surface area (Å²) in [5.74, 6) is 2.07. The summed E-state index contributed by atoms with van der Waals surface area (Å²) in [6.45, 7) is 8.10. The highest BCUT2D eigenvalue weighted by Crippen LogP contribution is 2.22. The number of hydrogen-bond acceptors (Lipinski definition) is 4. The molecule has 0 aliphatic heterocycles. The second kappa shape index (κ2) is 14.0. The van der Waals surface area contributed by atoms with Crippen molar-refractivity contribution in [1.29, 1.82) is 0 Å². The van der Waals surface area contributed by atoms with Crippen molar-refractivity contribution >= 4 is 0 Å². The van der Waals surface area contributed by atoms with Crippen LogP contribution in [0.4, 0.5) is 0 Å². The largest absolute Gasteiger partial charge is 0.493 e. The number of unbranched alkanes of at least 4 members (excludes halogenated alkanes) is 7. The molecular weight excluding hydrogens is 360 g/mol. The summed E-state index contributed by atoms with van der Waals surface area (Å²) in [4.78, 5) is 0. The molecule has 1 unspecified atom stereocenters. The Morgan fingerprint density at radius 3 is 2.07 bits per heavy atom. The van der Waals surface area contributed by atoms with E-state index in [9.17, 15) is 0 Å². The highest BCUT2D eigenvalue weighted by atomic mass is 16.5. The summed E-state index contributed by atoms with van der Waals surface area (Å²) in [6.07, 6.45) is 11.5. The Kier molecular flexibility index (Phi) is 11.2. The molecule has 0 amide bonds. The fourth-order valence-electron chi connectivity index (χ4n) is 3.04. The van der Waals surface area contributed by atoms with Crippen molar-refractivity contribution in [2.45, 2.75) is 78.6 Å². The van der Waals surface area contributed by atoms with E-state index in [2.05, 4.69) is 31.0 Å². The molecule has 29 heavy (non-hydrogen) atoms. The molecule has 2 aromatic rings. The Labute approximate surface area is 177 Å². The maximum atomic E-state index is 5.81. The maximum absolute atomic E-state index is 5.81. The van der Waals surface area contributed by atoms with E-state index in [1.165, 1.54) is 44.9 Å². The zero-order valence-corrected chi connectivity index (χ0v) is 18.5. The van der Waals surface area contributed by atoms with Gasteiger partial charge in [-0.05, 0) is 42.7 Å². The molecular formula is C25H38N2O2. The lowest BCUT2D eigenvalue weighted by Crippen LogP contribution is -2.07. The molecule has 160 valence electrons.